The molecule has 1 aliphatic rings. The first-order valence-corrected chi connectivity index (χ1v) is 9.05. The second-order valence-electron chi connectivity index (χ2n) is 5.18. The van der Waals surface area contributed by atoms with E-state index in [1.807, 2.05) is 10.9 Å². The Morgan fingerprint density at radius 2 is 2.33 bits per heavy atom. The van der Waals surface area contributed by atoms with E-state index < -0.39 is 0 Å². The first kappa shape index (κ1) is 13.4. The van der Waals surface area contributed by atoms with Crippen molar-refractivity contribution in [2.24, 2.45) is 0 Å². The zero-order valence-corrected chi connectivity index (χ0v) is 13.7. The summed E-state index contributed by atoms with van der Waals surface area (Å²) in [4.78, 5) is 22.6. The van der Waals surface area contributed by atoms with Crippen LogP contribution in [0.3, 0.4) is 0 Å². The summed E-state index contributed by atoms with van der Waals surface area (Å²) in [7, 11) is 0. The maximum Gasteiger partial charge on any atom is 0.263 e. The van der Waals surface area contributed by atoms with Crippen LogP contribution in [0.25, 0.3) is 10.2 Å². The first-order chi connectivity index (χ1) is 10.2. The molecule has 0 saturated carbocycles. The molecule has 0 aliphatic heterocycles. The third kappa shape index (κ3) is 2.20. The molecule has 4 nitrogen and oxygen atoms in total. The van der Waals surface area contributed by atoms with Gasteiger partial charge in [-0.15, -0.1) is 22.7 Å². The first-order valence-electron chi connectivity index (χ1n) is 6.88. The van der Waals surface area contributed by atoms with E-state index in [0.717, 1.165) is 41.6 Å². The minimum atomic E-state index is 0.0587. The van der Waals surface area contributed by atoms with E-state index in [1.165, 1.54) is 10.4 Å². The molecule has 3 heterocycles. The fourth-order valence-corrected chi connectivity index (χ4v) is 5.11. The quantitative estimate of drug-likeness (QED) is 0.747. The second-order valence-corrected chi connectivity index (χ2v) is 7.39. The van der Waals surface area contributed by atoms with Gasteiger partial charge in [0.15, 0.2) is 4.77 Å². The summed E-state index contributed by atoms with van der Waals surface area (Å²) < 4.78 is 2.20. The van der Waals surface area contributed by atoms with Crippen LogP contribution in [0.15, 0.2) is 15.7 Å². The number of aromatic amines is 1. The van der Waals surface area contributed by atoms with Crippen LogP contribution < -0.4 is 5.56 Å². The lowest BCUT2D eigenvalue weighted by atomic mass is 10.2. The molecule has 1 aliphatic carbocycles. The van der Waals surface area contributed by atoms with Crippen LogP contribution in [0, 0.1) is 4.77 Å². The summed E-state index contributed by atoms with van der Waals surface area (Å²) in [5.41, 5.74) is 4.13. The zero-order chi connectivity index (χ0) is 14.4. The highest BCUT2D eigenvalue weighted by Crippen LogP contribution is 2.34. The Morgan fingerprint density at radius 1 is 1.43 bits per heavy atom. The molecular formula is C14H13N3OS3. The summed E-state index contributed by atoms with van der Waals surface area (Å²) >= 11 is 8.63. The highest BCUT2D eigenvalue weighted by molar-refractivity contribution is 7.71. The van der Waals surface area contributed by atoms with Gasteiger partial charge in [-0.3, -0.25) is 9.36 Å². The number of hydrogen-bond donors (Lipinski definition) is 1. The van der Waals surface area contributed by atoms with Gasteiger partial charge >= 0.3 is 0 Å². The number of nitrogens with one attached hydrogen (secondary N) is 1. The molecule has 0 radical (unpaired) electrons. The van der Waals surface area contributed by atoms with E-state index in [2.05, 4.69) is 9.97 Å². The molecule has 3 aromatic heterocycles. The normalized spacial score (nSPS) is 13.9. The molecule has 0 saturated heterocycles. The van der Waals surface area contributed by atoms with Gasteiger partial charge in [-0.25, -0.2) is 4.98 Å². The Balaban J connectivity index is 1.81. The van der Waals surface area contributed by atoms with Crippen molar-refractivity contribution in [3.63, 3.8) is 0 Å². The molecule has 0 atom stereocenters. The molecule has 0 amide bonds. The maximum absolute atomic E-state index is 12.8. The fraction of sp³-hybridized carbons (Fsp3) is 0.357. The van der Waals surface area contributed by atoms with Gasteiger partial charge in [-0.1, -0.05) is 0 Å². The summed E-state index contributed by atoms with van der Waals surface area (Å²) in [5.74, 6) is 0. The predicted octanol–water partition coefficient (Wildman–Crippen LogP) is 3.31. The lowest BCUT2D eigenvalue weighted by Crippen LogP contribution is -2.23. The standard InChI is InChI=1S/C14H13N3OS3/c18-13-11-9-2-1-3-10(9)21-12(11)16-14(19)17(13)5-4-8-6-20-7-15-8/h6-7H,1-5H2,(H,16,19). The van der Waals surface area contributed by atoms with E-state index in [9.17, 15) is 4.79 Å². The molecule has 0 fully saturated rings. The number of nitrogens with zero attached hydrogens (tertiary/aromatic N) is 2. The topological polar surface area (TPSA) is 50.7 Å². The van der Waals surface area contributed by atoms with E-state index in [-0.39, 0.29) is 5.56 Å². The van der Waals surface area contributed by atoms with Gasteiger partial charge in [0.05, 0.1) is 16.6 Å². The van der Waals surface area contributed by atoms with Crippen molar-refractivity contribution in [1.82, 2.24) is 14.5 Å². The van der Waals surface area contributed by atoms with Crippen LogP contribution in [0.1, 0.15) is 22.6 Å². The van der Waals surface area contributed by atoms with Gasteiger partial charge in [-0.2, -0.15) is 0 Å². The third-order valence-electron chi connectivity index (χ3n) is 3.92. The summed E-state index contributed by atoms with van der Waals surface area (Å²) in [6.45, 7) is 0.582. The summed E-state index contributed by atoms with van der Waals surface area (Å²) in [6, 6.07) is 0. The largest absolute Gasteiger partial charge is 0.323 e. The number of thiazole rings is 1. The van der Waals surface area contributed by atoms with E-state index >= 15 is 0 Å². The monoisotopic (exact) mass is 335 g/mol. The lowest BCUT2D eigenvalue weighted by molar-refractivity contribution is 0.646. The minimum absolute atomic E-state index is 0.0587. The maximum atomic E-state index is 12.8. The third-order valence-corrected chi connectivity index (χ3v) is 6.09. The van der Waals surface area contributed by atoms with E-state index in [4.69, 9.17) is 12.2 Å². The Bertz CT molecular complexity index is 917. The molecule has 1 N–H and O–H groups in total. The van der Waals surface area contributed by atoms with Gasteiger partial charge in [0.2, 0.25) is 0 Å². The second kappa shape index (κ2) is 5.15. The Morgan fingerprint density at radius 3 is 3.14 bits per heavy atom. The minimum Gasteiger partial charge on any atom is -0.323 e. The molecule has 0 unspecified atom stereocenters. The Labute approximate surface area is 134 Å². The molecule has 0 bridgehead atoms. The Kier molecular flexibility index (Phi) is 3.28. The van der Waals surface area contributed by atoms with E-state index in [1.54, 1.807) is 27.2 Å². The lowest BCUT2D eigenvalue weighted by Gasteiger charge is -2.06. The average Bonchev–Trinajstić information content (AvgIpc) is 3.13. The van der Waals surface area contributed by atoms with Gasteiger partial charge in [-0.05, 0) is 37.0 Å². The number of rotatable bonds is 3. The SMILES string of the molecule is O=c1c2c3c(sc2[nH]c(=S)n1CCc1cscn1)CCC3. The molecule has 0 aromatic carbocycles. The van der Waals surface area contributed by atoms with Crippen molar-refractivity contribution in [3.05, 3.63) is 42.1 Å². The highest BCUT2D eigenvalue weighted by atomic mass is 32.1. The van der Waals surface area contributed by atoms with Crippen LogP contribution in [-0.2, 0) is 25.8 Å². The van der Waals surface area contributed by atoms with Crippen molar-refractivity contribution in [2.75, 3.05) is 0 Å². The van der Waals surface area contributed by atoms with E-state index in [0.29, 0.717) is 11.3 Å². The van der Waals surface area contributed by atoms with Crippen LogP contribution in [-0.4, -0.2) is 14.5 Å². The van der Waals surface area contributed by atoms with Crippen LogP contribution >= 0.6 is 34.9 Å². The van der Waals surface area contributed by atoms with Crippen molar-refractivity contribution in [2.45, 2.75) is 32.2 Å². The molecule has 21 heavy (non-hydrogen) atoms. The van der Waals surface area contributed by atoms with Crippen LogP contribution in [0.2, 0.25) is 0 Å². The fourth-order valence-electron chi connectivity index (χ4n) is 2.90. The number of aryl methyl sites for hydroxylation is 3. The molecule has 3 aromatic rings. The molecular weight excluding hydrogens is 322 g/mol. The van der Waals surface area contributed by atoms with Gasteiger partial charge in [0, 0.05) is 23.2 Å². The number of hydrogen-bond acceptors (Lipinski definition) is 5. The molecule has 4 rings (SSSR count). The van der Waals surface area contributed by atoms with Crippen molar-refractivity contribution in [3.8, 4) is 0 Å². The Hall–Kier alpha value is -1.31. The number of thiophene rings is 1. The van der Waals surface area contributed by atoms with Crippen molar-refractivity contribution >= 4 is 45.1 Å². The summed E-state index contributed by atoms with van der Waals surface area (Å²) in [6.07, 6.45) is 4.00. The highest BCUT2D eigenvalue weighted by Gasteiger charge is 2.21. The zero-order valence-electron chi connectivity index (χ0n) is 11.2. The van der Waals surface area contributed by atoms with Gasteiger partial charge < -0.3 is 4.98 Å². The van der Waals surface area contributed by atoms with Gasteiger partial charge in [0.1, 0.15) is 4.83 Å². The van der Waals surface area contributed by atoms with Gasteiger partial charge in [0.25, 0.3) is 5.56 Å². The predicted molar refractivity (Wildman–Crippen MR) is 89.1 cm³/mol. The molecule has 108 valence electrons. The molecule has 0 spiro atoms. The smallest absolute Gasteiger partial charge is 0.263 e. The number of H-pyrrole nitrogens is 1. The summed E-state index contributed by atoms with van der Waals surface area (Å²) in [5, 5.41) is 2.87. The number of fused-ring (bicyclic) bond motifs is 3. The average molecular weight is 335 g/mol. The van der Waals surface area contributed by atoms with Crippen LogP contribution in [0.4, 0.5) is 0 Å². The molecule has 7 heteroatoms. The van der Waals surface area contributed by atoms with Crippen molar-refractivity contribution in [1.29, 1.82) is 0 Å². The number of aromatic nitrogens is 3. The van der Waals surface area contributed by atoms with Crippen molar-refractivity contribution < 1.29 is 0 Å². The van der Waals surface area contributed by atoms with Crippen LogP contribution in [0.5, 0.6) is 0 Å².